The van der Waals surface area contributed by atoms with Crippen LogP contribution in [0, 0.1) is 0 Å². The molecule has 4 heteroatoms. The molecule has 13 heavy (non-hydrogen) atoms. The molecule has 0 saturated carbocycles. The van der Waals surface area contributed by atoms with Gasteiger partial charge in [0.2, 0.25) is 0 Å². The van der Waals surface area contributed by atoms with Gasteiger partial charge in [-0.3, -0.25) is 4.79 Å². The van der Waals surface area contributed by atoms with E-state index in [2.05, 4.69) is 12.2 Å². The number of hydrogen-bond acceptors (Lipinski definition) is 3. The molecule has 1 aliphatic heterocycles. The molecule has 0 aromatic carbocycles. The van der Waals surface area contributed by atoms with Crippen molar-refractivity contribution in [2.24, 2.45) is 0 Å². The standard InChI is InChI=1S/C9H17NO2.ClH/c1-3-5-9(8(11)12-2)6-4-7-10-9;/h10H,3-7H2,1-2H3;1H/t9-;/m0./s1. The van der Waals surface area contributed by atoms with E-state index in [1.807, 2.05) is 0 Å². The van der Waals surface area contributed by atoms with E-state index in [1.54, 1.807) is 0 Å². The van der Waals surface area contributed by atoms with E-state index in [4.69, 9.17) is 4.74 Å². The highest BCUT2D eigenvalue weighted by Crippen LogP contribution is 2.25. The van der Waals surface area contributed by atoms with Crippen molar-refractivity contribution >= 4 is 18.4 Å². The fourth-order valence-electron chi connectivity index (χ4n) is 1.92. The molecule has 0 amide bonds. The molecule has 1 heterocycles. The van der Waals surface area contributed by atoms with E-state index < -0.39 is 0 Å². The molecule has 1 fully saturated rings. The summed E-state index contributed by atoms with van der Waals surface area (Å²) in [4.78, 5) is 11.4. The molecule has 0 aromatic heterocycles. The monoisotopic (exact) mass is 207 g/mol. The average molecular weight is 208 g/mol. The summed E-state index contributed by atoms with van der Waals surface area (Å²) in [6.45, 7) is 3.03. The van der Waals surface area contributed by atoms with E-state index >= 15 is 0 Å². The molecule has 0 radical (unpaired) electrons. The molecule has 1 rings (SSSR count). The van der Waals surface area contributed by atoms with Crippen molar-refractivity contribution in [2.45, 2.75) is 38.1 Å². The van der Waals surface area contributed by atoms with E-state index in [0.29, 0.717) is 0 Å². The zero-order valence-electron chi connectivity index (χ0n) is 8.26. The quantitative estimate of drug-likeness (QED) is 0.713. The Morgan fingerprint density at radius 1 is 1.62 bits per heavy atom. The summed E-state index contributed by atoms with van der Waals surface area (Å²) < 4.78 is 4.79. The van der Waals surface area contributed by atoms with Crippen molar-refractivity contribution in [3.05, 3.63) is 0 Å². The van der Waals surface area contributed by atoms with Crippen LogP contribution < -0.4 is 5.32 Å². The molecule has 1 saturated heterocycles. The minimum Gasteiger partial charge on any atom is -0.468 e. The molecule has 0 bridgehead atoms. The van der Waals surface area contributed by atoms with Crippen molar-refractivity contribution in [3.63, 3.8) is 0 Å². The second-order valence-electron chi connectivity index (χ2n) is 3.35. The van der Waals surface area contributed by atoms with Crippen molar-refractivity contribution in [1.82, 2.24) is 5.32 Å². The molecule has 0 unspecified atom stereocenters. The molecule has 1 atom stereocenters. The summed E-state index contributed by atoms with van der Waals surface area (Å²) in [6, 6.07) is 0. The summed E-state index contributed by atoms with van der Waals surface area (Å²) in [5.74, 6) is -0.0955. The van der Waals surface area contributed by atoms with Crippen molar-refractivity contribution in [3.8, 4) is 0 Å². The predicted molar refractivity (Wildman–Crippen MR) is 54.1 cm³/mol. The number of hydrogen-bond donors (Lipinski definition) is 1. The Hall–Kier alpha value is -0.280. The number of esters is 1. The molecule has 78 valence electrons. The third-order valence-corrected chi connectivity index (χ3v) is 2.50. The zero-order valence-corrected chi connectivity index (χ0v) is 9.08. The van der Waals surface area contributed by atoms with E-state index in [9.17, 15) is 4.79 Å². The first kappa shape index (κ1) is 12.7. The van der Waals surface area contributed by atoms with Crippen LogP contribution in [0.5, 0.6) is 0 Å². The Bertz CT molecular complexity index is 167. The lowest BCUT2D eigenvalue weighted by Gasteiger charge is -2.25. The lowest BCUT2D eigenvalue weighted by atomic mass is 9.92. The fourth-order valence-corrected chi connectivity index (χ4v) is 1.92. The summed E-state index contributed by atoms with van der Waals surface area (Å²) >= 11 is 0. The van der Waals surface area contributed by atoms with Crippen LogP contribution in [0.2, 0.25) is 0 Å². The van der Waals surface area contributed by atoms with Crippen LogP contribution in [0.15, 0.2) is 0 Å². The van der Waals surface area contributed by atoms with Gasteiger partial charge < -0.3 is 10.1 Å². The average Bonchev–Trinajstić information content (AvgIpc) is 2.53. The van der Waals surface area contributed by atoms with Crippen molar-refractivity contribution in [1.29, 1.82) is 0 Å². The number of methoxy groups -OCH3 is 1. The first-order valence-electron chi connectivity index (χ1n) is 4.58. The Balaban J connectivity index is 0.00000144. The normalized spacial score (nSPS) is 26.6. The van der Waals surface area contributed by atoms with Gasteiger partial charge in [0.1, 0.15) is 5.54 Å². The van der Waals surface area contributed by atoms with Gasteiger partial charge in [-0.05, 0) is 25.8 Å². The van der Waals surface area contributed by atoms with E-state index in [1.165, 1.54) is 7.11 Å². The highest BCUT2D eigenvalue weighted by Gasteiger charge is 2.40. The number of carbonyl (C=O) groups is 1. The van der Waals surface area contributed by atoms with Crippen LogP contribution in [-0.2, 0) is 9.53 Å². The molecular formula is C9H18ClNO2. The molecule has 0 spiro atoms. The van der Waals surface area contributed by atoms with Gasteiger partial charge in [-0.2, -0.15) is 0 Å². The second-order valence-corrected chi connectivity index (χ2v) is 3.35. The van der Waals surface area contributed by atoms with Gasteiger partial charge in [0.25, 0.3) is 0 Å². The number of ether oxygens (including phenoxy) is 1. The maximum atomic E-state index is 11.4. The minimum absolute atomic E-state index is 0. The van der Waals surface area contributed by atoms with Crippen LogP contribution in [0.4, 0.5) is 0 Å². The van der Waals surface area contributed by atoms with Gasteiger partial charge >= 0.3 is 5.97 Å². The predicted octanol–water partition coefficient (Wildman–Crippen LogP) is 1.50. The highest BCUT2D eigenvalue weighted by molar-refractivity contribution is 5.85. The third kappa shape index (κ3) is 2.58. The third-order valence-electron chi connectivity index (χ3n) is 2.50. The first-order chi connectivity index (χ1) is 5.75. The van der Waals surface area contributed by atoms with Crippen LogP contribution in [-0.4, -0.2) is 25.2 Å². The molecule has 3 nitrogen and oxygen atoms in total. The van der Waals surface area contributed by atoms with E-state index in [0.717, 1.165) is 32.2 Å². The second kappa shape index (κ2) is 5.45. The Morgan fingerprint density at radius 2 is 2.31 bits per heavy atom. The number of carbonyl (C=O) groups excluding carboxylic acids is 1. The van der Waals surface area contributed by atoms with Gasteiger partial charge in [0.05, 0.1) is 7.11 Å². The first-order valence-corrected chi connectivity index (χ1v) is 4.58. The summed E-state index contributed by atoms with van der Waals surface area (Å²) in [6.07, 6.45) is 3.91. The smallest absolute Gasteiger partial charge is 0.326 e. The molecule has 1 aliphatic rings. The molecule has 1 N–H and O–H groups in total. The Labute approximate surface area is 85.6 Å². The number of nitrogens with one attached hydrogen (secondary N) is 1. The summed E-state index contributed by atoms with van der Waals surface area (Å²) in [7, 11) is 1.46. The maximum Gasteiger partial charge on any atom is 0.326 e. The lowest BCUT2D eigenvalue weighted by molar-refractivity contribution is -0.148. The van der Waals surface area contributed by atoms with Crippen molar-refractivity contribution < 1.29 is 9.53 Å². The van der Waals surface area contributed by atoms with Crippen LogP contribution >= 0.6 is 12.4 Å². The lowest BCUT2D eigenvalue weighted by Crippen LogP contribution is -2.48. The zero-order chi connectivity index (χ0) is 9.03. The van der Waals surface area contributed by atoms with Crippen molar-refractivity contribution in [2.75, 3.05) is 13.7 Å². The highest BCUT2D eigenvalue weighted by atomic mass is 35.5. The Kier molecular flexibility index (Phi) is 5.33. The van der Waals surface area contributed by atoms with Crippen LogP contribution in [0.25, 0.3) is 0 Å². The van der Waals surface area contributed by atoms with Gasteiger partial charge in [0, 0.05) is 0 Å². The topological polar surface area (TPSA) is 38.3 Å². The maximum absolute atomic E-state index is 11.4. The summed E-state index contributed by atoms with van der Waals surface area (Å²) in [5.41, 5.74) is -0.358. The Morgan fingerprint density at radius 3 is 2.69 bits per heavy atom. The van der Waals surface area contributed by atoms with Gasteiger partial charge in [-0.15, -0.1) is 12.4 Å². The minimum atomic E-state index is -0.358. The largest absolute Gasteiger partial charge is 0.468 e. The van der Waals surface area contributed by atoms with Gasteiger partial charge in [-0.1, -0.05) is 13.3 Å². The SMILES string of the molecule is CCC[C@@]1(C(=O)OC)CCCN1.Cl. The number of halogens is 1. The summed E-state index contributed by atoms with van der Waals surface area (Å²) in [5, 5.41) is 3.25. The van der Waals surface area contributed by atoms with Gasteiger partial charge in [0.15, 0.2) is 0 Å². The van der Waals surface area contributed by atoms with E-state index in [-0.39, 0.29) is 23.9 Å². The van der Waals surface area contributed by atoms with Crippen LogP contribution in [0.3, 0.4) is 0 Å². The molecule has 0 aliphatic carbocycles. The fraction of sp³-hybridized carbons (Fsp3) is 0.889. The molecule has 0 aromatic rings. The number of rotatable bonds is 3. The molecular weight excluding hydrogens is 190 g/mol. The van der Waals surface area contributed by atoms with Gasteiger partial charge in [-0.25, -0.2) is 0 Å². The van der Waals surface area contributed by atoms with Crippen LogP contribution in [0.1, 0.15) is 32.6 Å².